The number of fused-ring (bicyclic) bond motifs is 1. The number of hydrogen-bond acceptors (Lipinski definition) is 8. The maximum Gasteiger partial charge on any atom is 0.251 e. The van der Waals surface area contributed by atoms with Gasteiger partial charge in [0.15, 0.2) is 5.82 Å². The summed E-state index contributed by atoms with van der Waals surface area (Å²) in [5.74, 6) is 2.07. The van der Waals surface area contributed by atoms with Gasteiger partial charge in [-0.3, -0.25) is 14.8 Å². The number of carbonyl (C=O) groups is 1. The first kappa shape index (κ1) is 25.6. The molecule has 0 bridgehead atoms. The molecule has 1 fully saturated rings. The molecule has 196 valence electrons. The lowest BCUT2D eigenvalue weighted by Gasteiger charge is -2.38. The number of aryl methyl sites for hydroxylation is 1. The zero-order valence-electron chi connectivity index (χ0n) is 22.1. The van der Waals surface area contributed by atoms with Crippen LogP contribution in [0.3, 0.4) is 0 Å². The SMILES string of the molecule is Cc1cc(N(c2ncnc3cnccc23)N2CCOCC2)ccc1Oc1ccc(C(=O)NC(C)(C)C)cc1. The lowest BCUT2D eigenvalue weighted by atomic mass is 10.1. The van der Waals surface area contributed by atoms with E-state index in [-0.39, 0.29) is 11.4 Å². The van der Waals surface area contributed by atoms with E-state index < -0.39 is 0 Å². The van der Waals surface area contributed by atoms with E-state index >= 15 is 0 Å². The van der Waals surface area contributed by atoms with Gasteiger partial charge in [0.05, 0.1) is 30.6 Å². The summed E-state index contributed by atoms with van der Waals surface area (Å²) in [6.45, 7) is 10.7. The fraction of sp³-hybridized carbons (Fsp3) is 0.310. The van der Waals surface area contributed by atoms with Crippen LogP contribution in [0.25, 0.3) is 10.9 Å². The molecule has 0 atom stereocenters. The molecule has 2 aromatic carbocycles. The molecule has 3 heterocycles. The number of aromatic nitrogens is 3. The van der Waals surface area contributed by atoms with Gasteiger partial charge in [0.1, 0.15) is 17.8 Å². The van der Waals surface area contributed by atoms with E-state index in [4.69, 9.17) is 9.47 Å². The Morgan fingerprint density at radius 2 is 1.82 bits per heavy atom. The Morgan fingerprint density at radius 3 is 2.53 bits per heavy atom. The number of nitrogens with one attached hydrogen (secondary N) is 1. The summed E-state index contributed by atoms with van der Waals surface area (Å²) in [5.41, 5.74) is 3.01. The Labute approximate surface area is 222 Å². The number of nitrogens with zero attached hydrogens (tertiary/aromatic N) is 5. The maximum absolute atomic E-state index is 12.4. The Balaban J connectivity index is 1.42. The van der Waals surface area contributed by atoms with Crippen LogP contribution in [0.15, 0.2) is 67.3 Å². The van der Waals surface area contributed by atoms with E-state index in [1.54, 1.807) is 30.9 Å². The van der Waals surface area contributed by atoms with E-state index in [0.717, 1.165) is 46.8 Å². The molecule has 9 nitrogen and oxygen atoms in total. The van der Waals surface area contributed by atoms with Gasteiger partial charge in [-0.15, -0.1) is 0 Å². The summed E-state index contributed by atoms with van der Waals surface area (Å²) in [5, 5.41) is 8.26. The molecule has 5 rings (SSSR count). The second kappa shape index (κ2) is 10.7. The van der Waals surface area contributed by atoms with E-state index in [0.29, 0.717) is 24.5 Å². The van der Waals surface area contributed by atoms with Crippen molar-refractivity contribution in [1.82, 2.24) is 25.3 Å². The first-order chi connectivity index (χ1) is 18.3. The lowest BCUT2D eigenvalue weighted by Crippen LogP contribution is -2.47. The zero-order valence-corrected chi connectivity index (χ0v) is 22.1. The second-order valence-electron chi connectivity index (χ2n) is 10.2. The number of anilines is 2. The molecule has 1 aliphatic rings. The van der Waals surface area contributed by atoms with E-state index in [2.05, 4.69) is 36.4 Å². The first-order valence-corrected chi connectivity index (χ1v) is 12.7. The highest BCUT2D eigenvalue weighted by molar-refractivity contribution is 5.94. The number of hydrogen-bond donors (Lipinski definition) is 1. The van der Waals surface area contributed by atoms with Crippen LogP contribution in [0.4, 0.5) is 11.5 Å². The zero-order chi connectivity index (χ0) is 26.7. The number of ether oxygens (including phenoxy) is 2. The Bertz CT molecular complexity index is 1420. The van der Waals surface area contributed by atoms with Gasteiger partial charge in [-0.1, -0.05) is 0 Å². The van der Waals surface area contributed by atoms with Crippen molar-refractivity contribution in [2.24, 2.45) is 0 Å². The van der Waals surface area contributed by atoms with E-state index in [1.165, 1.54) is 0 Å². The maximum atomic E-state index is 12.4. The molecule has 9 heteroatoms. The molecule has 0 radical (unpaired) electrons. The normalized spacial score (nSPS) is 14.3. The van der Waals surface area contributed by atoms with Crippen LogP contribution in [0.1, 0.15) is 36.7 Å². The van der Waals surface area contributed by atoms with Gasteiger partial charge in [0, 0.05) is 35.8 Å². The van der Waals surface area contributed by atoms with E-state index in [1.807, 2.05) is 58.0 Å². The average Bonchev–Trinajstić information content (AvgIpc) is 2.90. The molecule has 0 unspecified atom stereocenters. The molecule has 1 aliphatic heterocycles. The van der Waals surface area contributed by atoms with Crippen LogP contribution in [-0.2, 0) is 4.74 Å². The van der Waals surface area contributed by atoms with Gasteiger partial charge >= 0.3 is 0 Å². The van der Waals surface area contributed by atoms with Gasteiger partial charge in [0.25, 0.3) is 5.91 Å². The predicted molar refractivity (Wildman–Crippen MR) is 147 cm³/mol. The van der Waals surface area contributed by atoms with E-state index in [9.17, 15) is 4.79 Å². The molecule has 0 aliphatic carbocycles. The number of rotatable bonds is 6. The third-order valence-corrected chi connectivity index (χ3v) is 6.12. The largest absolute Gasteiger partial charge is 0.457 e. The summed E-state index contributed by atoms with van der Waals surface area (Å²) >= 11 is 0. The Morgan fingerprint density at radius 1 is 1.05 bits per heavy atom. The summed E-state index contributed by atoms with van der Waals surface area (Å²) < 4.78 is 11.8. The van der Waals surface area contributed by atoms with Crippen molar-refractivity contribution in [3.8, 4) is 11.5 Å². The number of hydrazine groups is 1. The minimum atomic E-state index is -0.296. The smallest absolute Gasteiger partial charge is 0.251 e. The van der Waals surface area contributed by atoms with Gasteiger partial charge in [-0.2, -0.15) is 0 Å². The molecule has 1 saturated heterocycles. The highest BCUT2D eigenvalue weighted by Gasteiger charge is 2.24. The summed E-state index contributed by atoms with van der Waals surface area (Å²) in [4.78, 5) is 25.7. The van der Waals surface area contributed by atoms with Gasteiger partial charge < -0.3 is 14.8 Å². The number of benzene rings is 2. The summed E-state index contributed by atoms with van der Waals surface area (Å²) in [6.07, 6.45) is 5.08. The third kappa shape index (κ3) is 5.74. The Hall–Kier alpha value is -4.08. The number of pyridine rings is 1. The topological polar surface area (TPSA) is 92.7 Å². The quantitative estimate of drug-likeness (QED) is 0.384. The molecular weight excluding hydrogens is 480 g/mol. The van der Waals surface area contributed by atoms with Crippen LogP contribution in [0.5, 0.6) is 11.5 Å². The van der Waals surface area contributed by atoms with Gasteiger partial charge in [-0.05, 0) is 81.8 Å². The van der Waals surface area contributed by atoms with Gasteiger partial charge in [-0.25, -0.2) is 15.0 Å². The lowest BCUT2D eigenvalue weighted by molar-refractivity contribution is 0.0376. The molecule has 38 heavy (non-hydrogen) atoms. The van der Waals surface area contributed by atoms with Crippen molar-refractivity contribution in [1.29, 1.82) is 0 Å². The van der Waals surface area contributed by atoms with Crippen LogP contribution in [0, 0.1) is 6.92 Å². The van der Waals surface area contributed by atoms with Crippen molar-refractivity contribution in [3.05, 3.63) is 78.4 Å². The van der Waals surface area contributed by atoms with Crippen LogP contribution in [-0.4, -0.2) is 57.7 Å². The summed E-state index contributed by atoms with van der Waals surface area (Å²) in [6, 6.07) is 15.2. The predicted octanol–water partition coefficient (Wildman–Crippen LogP) is 5.04. The van der Waals surface area contributed by atoms with Crippen LogP contribution < -0.4 is 15.1 Å². The fourth-order valence-corrected chi connectivity index (χ4v) is 4.33. The monoisotopic (exact) mass is 512 g/mol. The van der Waals surface area contributed by atoms with Crippen molar-refractivity contribution >= 4 is 28.3 Å². The minimum absolute atomic E-state index is 0.110. The standard InChI is InChI=1S/C29H32N6O3/c1-20-17-22(7-10-26(20)38-23-8-5-21(6-9-23)28(36)33-29(2,3)4)35(34-13-15-37-16-14-34)27-24-11-12-30-18-25(24)31-19-32-27/h5-12,17-19H,13-16H2,1-4H3,(H,33,36). The van der Waals surface area contributed by atoms with Crippen molar-refractivity contribution in [2.45, 2.75) is 33.2 Å². The van der Waals surface area contributed by atoms with Crippen molar-refractivity contribution in [2.75, 3.05) is 31.3 Å². The minimum Gasteiger partial charge on any atom is -0.457 e. The molecule has 0 saturated carbocycles. The molecular formula is C29H32N6O3. The molecule has 1 N–H and O–H groups in total. The van der Waals surface area contributed by atoms with Crippen molar-refractivity contribution < 1.29 is 14.3 Å². The Kier molecular flexibility index (Phi) is 7.22. The first-order valence-electron chi connectivity index (χ1n) is 12.7. The molecule has 2 aromatic heterocycles. The van der Waals surface area contributed by atoms with Crippen molar-refractivity contribution in [3.63, 3.8) is 0 Å². The fourth-order valence-electron chi connectivity index (χ4n) is 4.33. The highest BCUT2D eigenvalue weighted by atomic mass is 16.5. The summed E-state index contributed by atoms with van der Waals surface area (Å²) in [7, 11) is 0. The van der Waals surface area contributed by atoms with Crippen LogP contribution in [0.2, 0.25) is 0 Å². The molecule has 0 spiro atoms. The average molecular weight is 513 g/mol. The molecule has 4 aromatic rings. The van der Waals surface area contributed by atoms with Gasteiger partial charge in [0.2, 0.25) is 0 Å². The number of morpholine rings is 1. The highest BCUT2D eigenvalue weighted by Crippen LogP contribution is 2.35. The second-order valence-corrected chi connectivity index (χ2v) is 10.2. The number of amides is 1. The van der Waals surface area contributed by atoms with Crippen LogP contribution >= 0.6 is 0 Å². The third-order valence-electron chi connectivity index (χ3n) is 6.12. The molecule has 1 amide bonds. The number of carbonyl (C=O) groups excluding carboxylic acids is 1.